The van der Waals surface area contributed by atoms with Crippen molar-refractivity contribution in [1.82, 2.24) is 5.32 Å². The zero-order valence-electron chi connectivity index (χ0n) is 9.78. The Morgan fingerprint density at radius 1 is 1.38 bits per heavy atom. The Bertz CT molecular complexity index is 185. The van der Waals surface area contributed by atoms with Gasteiger partial charge in [0.05, 0.1) is 5.92 Å². The van der Waals surface area contributed by atoms with Crippen LogP contribution in [-0.4, -0.2) is 24.2 Å². The molecule has 1 aliphatic heterocycles. The molecule has 0 bridgehead atoms. The number of carbonyl (C=O) groups is 1. The van der Waals surface area contributed by atoms with Gasteiger partial charge in [0.25, 0.3) is 0 Å². The largest absolute Gasteiger partial charge is 0.481 e. The smallest absolute Gasteiger partial charge is 0.306 e. The maximum atomic E-state index is 11.1. The van der Waals surface area contributed by atoms with Crippen molar-refractivity contribution in [3.63, 3.8) is 0 Å². The Balaban J connectivity index is 0. The van der Waals surface area contributed by atoms with Crippen LogP contribution in [0.4, 0.5) is 0 Å². The first-order chi connectivity index (χ1) is 6.75. The van der Waals surface area contributed by atoms with Gasteiger partial charge in [0, 0.05) is 0 Å². The molecule has 16 heavy (non-hydrogen) atoms. The summed E-state index contributed by atoms with van der Waals surface area (Å²) in [5.41, 5.74) is 0. The molecule has 1 aliphatic rings. The van der Waals surface area contributed by atoms with Gasteiger partial charge in [0.15, 0.2) is 0 Å². The molecule has 1 rings (SSSR count). The van der Waals surface area contributed by atoms with E-state index in [-0.39, 0.29) is 30.7 Å². The second-order valence-electron chi connectivity index (χ2n) is 4.17. The highest BCUT2D eigenvalue weighted by Gasteiger charge is 2.28. The minimum Gasteiger partial charge on any atom is -0.481 e. The van der Waals surface area contributed by atoms with Gasteiger partial charge in [-0.05, 0) is 38.3 Å². The number of halogens is 2. The molecule has 2 N–H and O–H groups in total. The number of piperidine rings is 1. The molecule has 98 valence electrons. The van der Waals surface area contributed by atoms with Crippen LogP contribution in [0.25, 0.3) is 0 Å². The molecular weight excluding hydrogens is 249 g/mol. The average molecular weight is 272 g/mol. The summed E-state index contributed by atoms with van der Waals surface area (Å²) in [5, 5.41) is 12.4. The number of nitrogens with one attached hydrogen (secondary N) is 1. The summed E-state index contributed by atoms with van der Waals surface area (Å²) in [4.78, 5) is 11.1. The van der Waals surface area contributed by atoms with Crippen LogP contribution in [0.5, 0.6) is 0 Å². The number of carboxylic acids is 1. The van der Waals surface area contributed by atoms with E-state index in [1.165, 1.54) is 0 Å². The first-order valence-corrected chi connectivity index (χ1v) is 5.69. The van der Waals surface area contributed by atoms with E-state index < -0.39 is 5.97 Å². The van der Waals surface area contributed by atoms with Crippen LogP contribution >= 0.6 is 24.8 Å². The van der Waals surface area contributed by atoms with Crippen molar-refractivity contribution in [1.29, 1.82) is 0 Å². The molecule has 1 atom stereocenters. The lowest BCUT2D eigenvalue weighted by atomic mass is 9.82. The number of carboxylic acid groups (broad SMARTS) is 1. The second-order valence-corrected chi connectivity index (χ2v) is 4.17. The zero-order valence-corrected chi connectivity index (χ0v) is 11.4. The lowest BCUT2D eigenvalue weighted by Gasteiger charge is -2.27. The molecule has 1 saturated heterocycles. The van der Waals surface area contributed by atoms with Crippen molar-refractivity contribution in [2.24, 2.45) is 11.8 Å². The summed E-state index contributed by atoms with van der Waals surface area (Å²) in [6, 6.07) is 0. The third kappa shape index (κ3) is 5.92. The molecule has 0 aromatic heterocycles. The molecule has 0 spiro atoms. The van der Waals surface area contributed by atoms with Crippen LogP contribution < -0.4 is 5.32 Å². The number of hydrogen-bond acceptors (Lipinski definition) is 2. The van der Waals surface area contributed by atoms with Gasteiger partial charge >= 0.3 is 5.97 Å². The van der Waals surface area contributed by atoms with Gasteiger partial charge in [-0.2, -0.15) is 0 Å². The van der Waals surface area contributed by atoms with Gasteiger partial charge < -0.3 is 10.4 Å². The predicted octanol–water partition coefficient (Wildman–Crippen LogP) is 2.72. The van der Waals surface area contributed by atoms with E-state index >= 15 is 0 Å². The number of aliphatic carboxylic acids is 1. The highest BCUT2D eigenvalue weighted by atomic mass is 35.5. The Kier molecular flexibility index (Phi) is 11.7. The van der Waals surface area contributed by atoms with Gasteiger partial charge in [-0.15, -0.1) is 24.8 Å². The minimum absolute atomic E-state index is 0. The minimum atomic E-state index is -0.592. The molecule has 0 aromatic rings. The zero-order chi connectivity index (χ0) is 10.4. The SMILES string of the molecule is CCCCC(C(=O)O)C1CCNCC1.Cl.Cl. The monoisotopic (exact) mass is 271 g/mol. The highest BCUT2D eigenvalue weighted by Crippen LogP contribution is 2.26. The van der Waals surface area contributed by atoms with Crippen LogP contribution in [-0.2, 0) is 4.79 Å². The topological polar surface area (TPSA) is 49.3 Å². The van der Waals surface area contributed by atoms with Crippen molar-refractivity contribution >= 4 is 30.8 Å². The maximum absolute atomic E-state index is 11.1. The van der Waals surface area contributed by atoms with Crippen LogP contribution in [0.1, 0.15) is 39.0 Å². The molecule has 1 heterocycles. The molecule has 0 saturated carbocycles. The van der Waals surface area contributed by atoms with Crippen molar-refractivity contribution in [3.8, 4) is 0 Å². The standard InChI is InChI=1S/C11H21NO2.2ClH/c1-2-3-4-10(11(13)14)9-5-7-12-8-6-9;;/h9-10,12H,2-8H2,1H3,(H,13,14);2*1H. The quantitative estimate of drug-likeness (QED) is 0.809. The van der Waals surface area contributed by atoms with Crippen molar-refractivity contribution in [2.75, 3.05) is 13.1 Å². The third-order valence-electron chi connectivity index (χ3n) is 3.14. The third-order valence-corrected chi connectivity index (χ3v) is 3.14. The molecule has 1 fully saturated rings. The molecule has 0 aliphatic carbocycles. The molecule has 0 amide bonds. The second kappa shape index (κ2) is 10.2. The van der Waals surface area contributed by atoms with Crippen molar-refractivity contribution < 1.29 is 9.90 Å². The maximum Gasteiger partial charge on any atom is 0.306 e. The van der Waals surface area contributed by atoms with Gasteiger partial charge in [0.1, 0.15) is 0 Å². The lowest BCUT2D eigenvalue weighted by Crippen LogP contribution is -2.34. The van der Waals surface area contributed by atoms with Crippen LogP contribution in [0.3, 0.4) is 0 Å². The van der Waals surface area contributed by atoms with E-state index in [0.717, 1.165) is 45.2 Å². The first kappa shape index (κ1) is 18.4. The summed E-state index contributed by atoms with van der Waals surface area (Å²) >= 11 is 0. The van der Waals surface area contributed by atoms with Crippen molar-refractivity contribution in [3.05, 3.63) is 0 Å². The van der Waals surface area contributed by atoms with Crippen LogP contribution in [0.15, 0.2) is 0 Å². The summed E-state index contributed by atoms with van der Waals surface area (Å²) in [5.74, 6) is -0.289. The van der Waals surface area contributed by atoms with E-state index in [1.807, 2.05) is 0 Å². The summed E-state index contributed by atoms with van der Waals surface area (Å²) in [7, 11) is 0. The van der Waals surface area contributed by atoms with Gasteiger partial charge in [-0.1, -0.05) is 19.8 Å². The Hall–Kier alpha value is 0.01000. The van der Waals surface area contributed by atoms with E-state index in [9.17, 15) is 4.79 Å². The molecule has 3 nitrogen and oxygen atoms in total. The van der Waals surface area contributed by atoms with E-state index in [0.29, 0.717) is 5.92 Å². The molecule has 0 radical (unpaired) electrons. The van der Waals surface area contributed by atoms with E-state index in [1.54, 1.807) is 0 Å². The van der Waals surface area contributed by atoms with E-state index in [4.69, 9.17) is 5.11 Å². The highest BCUT2D eigenvalue weighted by molar-refractivity contribution is 5.85. The van der Waals surface area contributed by atoms with E-state index in [2.05, 4.69) is 12.2 Å². The summed E-state index contributed by atoms with van der Waals surface area (Å²) in [6.07, 6.45) is 5.05. The predicted molar refractivity (Wildman–Crippen MR) is 70.7 cm³/mol. The van der Waals surface area contributed by atoms with Crippen LogP contribution in [0.2, 0.25) is 0 Å². The number of rotatable bonds is 5. The molecule has 0 aromatic carbocycles. The number of unbranched alkanes of at least 4 members (excludes halogenated alkanes) is 1. The average Bonchev–Trinajstić information content (AvgIpc) is 2.19. The molecular formula is C11H23Cl2NO2. The summed E-state index contributed by atoms with van der Waals surface area (Å²) in [6.45, 7) is 4.09. The lowest BCUT2D eigenvalue weighted by molar-refractivity contribution is -0.144. The van der Waals surface area contributed by atoms with Crippen LogP contribution in [0, 0.1) is 11.8 Å². The Labute approximate surface area is 110 Å². The normalized spacial score (nSPS) is 18.1. The fourth-order valence-corrected chi connectivity index (χ4v) is 2.23. The first-order valence-electron chi connectivity index (χ1n) is 5.69. The molecule has 5 heteroatoms. The van der Waals surface area contributed by atoms with Gasteiger partial charge in [0.2, 0.25) is 0 Å². The van der Waals surface area contributed by atoms with Crippen molar-refractivity contribution in [2.45, 2.75) is 39.0 Å². The number of hydrogen-bond donors (Lipinski definition) is 2. The Morgan fingerprint density at radius 2 is 1.94 bits per heavy atom. The fourth-order valence-electron chi connectivity index (χ4n) is 2.23. The molecule has 1 unspecified atom stereocenters. The van der Waals surface area contributed by atoms with Gasteiger partial charge in [-0.3, -0.25) is 4.79 Å². The fraction of sp³-hybridized carbons (Fsp3) is 0.909. The summed E-state index contributed by atoms with van der Waals surface area (Å²) < 4.78 is 0. The Morgan fingerprint density at radius 3 is 2.38 bits per heavy atom. The van der Waals surface area contributed by atoms with Gasteiger partial charge in [-0.25, -0.2) is 0 Å².